The van der Waals surface area contributed by atoms with E-state index in [-0.39, 0.29) is 6.61 Å². The van der Waals surface area contributed by atoms with Crippen molar-refractivity contribution >= 4 is 10.1 Å². The van der Waals surface area contributed by atoms with Gasteiger partial charge in [-0.1, -0.05) is 0 Å². The summed E-state index contributed by atoms with van der Waals surface area (Å²) in [6.07, 6.45) is -5.04. The van der Waals surface area contributed by atoms with Crippen LogP contribution in [-0.4, -0.2) is 61.2 Å². The first kappa shape index (κ1) is 11.8. The highest BCUT2D eigenvalue weighted by Gasteiger charge is 2.40. The highest BCUT2D eigenvalue weighted by molar-refractivity contribution is 7.86. The Kier molecular flexibility index (Phi) is 3.45. The lowest BCUT2D eigenvalue weighted by molar-refractivity contribution is -0.246. The molecule has 1 rings (SSSR count). The zero-order valence-corrected chi connectivity index (χ0v) is 8.22. The van der Waals surface area contributed by atoms with Crippen molar-refractivity contribution in [2.24, 2.45) is 0 Å². The van der Waals surface area contributed by atoms with E-state index in [9.17, 15) is 18.6 Å². The summed E-state index contributed by atoms with van der Waals surface area (Å²) in [5.74, 6) is 0. The molecule has 0 aliphatic carbocycles. The van der Waals surface area contributed by atoms with Gasteiger partial charge in [-0.3, -0.25) is 4.18 Å². The van der Waals surface area contributed by atoms with Crippen LogP contribution in [0.5, 0.6) is 0 Å². The fourth-order valence-electron chi connectivity index (χ4n) is 1.10. The maximum absolute atomic E-state index is 10.7. The number of hydrogen-bond acceptors (Lipinski definition) is 7. The van der Waals surface area contributed by atoms with Gasteiger partial charge in [-0.2, -0.15) is 8.42 Å². The number of aliphatic hydroxyl groups is 3. The van der Waals surface area contributed by atoms with Crippen molar-refractivity contribution in [3.8, 4) is 0 Å². The molecule has 0 saturated carbocycles. The lowest BCUT2D eigenvalue weighted by Crippen LogP contribution is -2.54. The summed E-state index contributed by atoms with van der Waals surface area (Å²) in [5, 5.41) is 27.5. The van der Waals surface area contributed by atoms with Crippen LogP contribution in [-0.2, 0) is 19.0 Å². The van der Waals surface area contributed by atoms with Gasteiger partial charge in [0.2, 0.25) is 0 Å². The minimum absolute atomic E-state index is 0.293. The minimum atomic E-state index is -3.80. The molecule has 0 spiro atoms. The lowest BCUT2D eigenvalue weighted by Gasteiger charge is -2.34. The Bertz CT molecular complexity index is 287. The van der Waals surface area contributed by atoms with Gasteiger partial charge in [-0.25, -0.2) is 0 Å². The third-order valence-corrected chi connectivity index (χ3v) is 2.30. The molecule has 1 fully saturated rings. The molecule has 14 heavy (non-hydrogen) atoms. The van der Waals surface area contributed by atoms with Crippen LogP contribution in [0.25, 0.3) is 0 Å². The van der Waals surface area contributed by atoms with Crippen LogP contribution in [0.15, 0.2) is 0 Å². The van der Waals surface area contributed by atoms with Gasteiger partial charge < -0.3 is 20.1 Å². The Morgan fingerprint density at radius 3 is 2.43 bits per heavy atom. The maximum atomic E-state index is 10.7. The van der Waals surface area contributed by atoms with E-state index in [1.807, 2.05) is 0 Å². The second-order valence-corrected chi connectivity index (χ2v) is 4.65. The van der Waals surface area contributed by atoms with Crippen molar-refractivity contribution < 1.29 is 32.7 Å². The van der Waals surface area contributed by atoms with Gasteiger partial charge >= 0.3 is 0 Å². The molecule has 1 aliphatic rings. The van der Waals surface area contributed by atoms with Crippen molar-refractivity contribution in [1.82, 2.24) is 0 Å². The van der Waals surface area contributed by atoms with E-state index >= 15 is 0 Å². The zero-order chi connectivity index (χ0) is 10.9. The molecular weight excluding hydrogens is 216 g/mol. The molecule has 7 nitrogen and oxygen atoms in total. The summed E-state index contributed by atoms with van der Waals surface area (Å²) in [5.41, 5.74) is 0. The zero-order valence-electron chi connectivity index (χ0n) is 7.40. The van der Waals surface area contributed by atoms with Gasteiger partial charge in [-0.05, 0) is 0 Å². The normalized spacial score (nSPS) is 39.7. The van der Waals surface area contributed by atoms with Gasteiger partial charge in [0.1, 0.15) is 18.3 Å². The van der Waals surface area contributed by atoms with Crippen LogP contribution in [0.2, 0.25) is 0 Å². The average molecular weight is 228 g/mol. The average Bonchev–Trinajstić information content (AvgIpc) is 2.04. The molecule has 0 radical (unpaired) electrons. The highest BCUT2D eigenvalue weighted by Crippen LogP contribution is 2.18. The molecule has 84 valence electrons. The van der Waals surface area contributed by atoms with Crippen molar-refractivity contribution in [2.75, 3.05) is 12.9 Å². The van der Waals surface area contributed by atoms with Gasteiger partial charge in [0, 0.05) is 0 Å². The standard InChI is InChI=1S/C6H12O7S/c1-14(10,11)13-5-3(7)2-12-6(9)4(5)8/h3-9H,2H2,1H3/t3-,4+,5-,6-/m0/s1. The third-order valence-electron chi connectivity index (χ3n) is 1.73. The second-order valence-electron chi connectivity index (χ2n) is 3.05. The van der Waals surface area contributed by atoms with Crippen LogP contribution in [0.4, 0.5) is 0 Å². The molecular formula is C6H12O7S. The van der Waals surface area contributed by atoms with E-state index in [2.05, 4.69) is 8.92 Å². The minimum Gasteiger partial charge on any atom is -0.388 e. The van der Waals surface area contributed by atoms with E-state index in [0.717, 1.165) is 6.26 Å². The van der Waals surface area contributed by atoms with Crippen molar-refractivity contribution in [2.45, 2.75) is 24.6 Å². The smallest absolute Gasteiger partial charge is 0.264 e. The molecule has 1 aliphatic heterocycles. The Morgan fingerprint density at radius 2 is 1.93 bits per heavy atom. The molecule has 0 bridgehead atoms. The summed E-state index contributed by atoms with van der Waals surface area (Å²) in [6.45, 7) is -0.293. The van der Waals surface area contributed by atoms with E-state index in [4.69, 9.17) is 5.11 Å². The van der Waals surface area contributed by atoms with Crippen molar-refractivity contribution in [1.29, 1.82) is 0 Å². The summed E-state index contributed by atoms with van der Waals surface area (Å²) in [6, 6.07) is 0. The molecule has 0 unspecified atom stereocenters. The van der Waals surface area contributed by atoms with E-state index in [0.29, 0.717) is 0 Å². The maximum Gasteiger partial charge on any atom is 0.264 e. The molecule has 4 atom stereocenters. The fraction of sp³-hybridized carbons (Fsp3) is 1.00. The Morgan fingerprint density at radius 1 is 1.36 bits per heavy atom. The molecule has 8 heteroatoms. The van der Waals surface area contributed by atoms with Gasteiger partial charge in [0.15, 0.2) is 6.29 Å². The van der Waals surface area contributed by atoms with Gasteiger partial charge in [-0.15, -0.1) is 0 Å². The first-order valence-corrected chi connectivity index (χ1v) is 5.67. The van der Waals surface area contributed by atoms with Crippen LogP contribution in [0.1, 0.15) is 0 Å². The molecule has 0 amide bonds. The van der Waals surface area contributed by atoms with E-state index in [1.54, 1.807) is 0 Å². The number of ether oxygens (including phenoxy) is 1. The largest absolute Gasteiger partial charge is 0.388 e. The molecule has 0 aromatic heterocycles. The van der Waals surface area contributed by atoms with Crippen molar-refractivity contribution in [3.05, 3.63) is 0 Å². The molecule has 1 heterocycles. The van der Waals surface area contributed by atoms with E-state index < -0.39 is 34.7 Å². The van der Waals surface area contributed by atoms with E-state index in [1.165, 1.54) is 0 Å². The quantitative estimate of drug-likeness (QED) is 0.444. The Hall–Kier alpha value is -0.250. The molecule has 3 N–H and O–H groups in total. The molecule has 1 saturated heterocycles. The van der Waals surface area contributed by atoms with Crippen LogP contribution < -0.4 is 0 Å². The summed E-state index contributed by atoms with van der Waals surface area (Å²) < 4.78 is 30.4. The predicted molar refractivity (Wildman–Crippen MR) is 43.7 cm³/mol. The molecule has 0 aromatic rings. The predicted octanol–water partition coefficient (Wildman–Crippen LogP) is -2.60. The van der Waals surface area contributed by atoms with Crippen LogP contribution in [0.3, 0.4) is 0 Å². The fourth-order valence-corrected chi connectivity index (χ4v) is 1.75. The monoisotopic (exact) mass is 228 g/mol. The van der Waals surface area contributed by atoms with Gasteiger partial charge in [0.25, 0.3) is 10.1 Å². The van der Waals surface area contributed by atoms with Crippen LogP contribution in [0, 0.1) is 0 Å². The summed E-state index contributed by atoms with van der Waals surface area (Å²) in [7, 11) is -3.80. The number of aliphatic hydroxyl groups excluding tert-OH is 3. The third kappa shape index (κ3) is 2.87. The second kappa shape index (κ2) is 4.09. The Balaban J connectivity index is 2.73. The van der Waals surface area contributed by atoms with Crippen LogP contribution >= 0.6 is 0 Å². The summed E-state index contributed by atoms with van der Waals surface area (Å²) in [4.78, 5) is 0. The first-order chi connectivity index (χ1) is 6.31. The SMILES string of the molecule is CS(=O)(=O)O[C@@H]1[C@@H](O)[C@@H](O)OC[C@@H]1O. The number of rotatable bonds is 2. The lowest BCUT2D eigenvalue weighted by atomic mass is 10.1. The topological polar surface area (TPSA) is 113 Å². The first-order valence-electron chi connectivity index (χ1n) is 3.85. The number of hydrogen-bond donors (Lipinski definition) is 3. The highest BCUT2D eigenvalue weighted by atomic mass is 32.2. The van der Waals surface area contributed by atoms with Gasteiger partial charge in [0.05, 0.1) is 12.9 Å². The summed E-state index contributed by atoms with van der Waals surface area (Å²) >= 11 is 0. The van der Waals surface area contributed by atoms with Crippen molar-refractivity contribution in [3.63, 3.8) is 0 Å². The molecule has 0 aromatic carbocycles. The Labute approximate surface area is 81.0 Å².